The van der Waals surface area contributed by atoms with Crippen LogP contribution in [-0.4, -0.2) is 65.1 Å². The number of anilines is 2. The van der Waals surface area contributed by atoms with Crippen LogP contribution >= 0.6 is 45.2 Å². The second kappa shape index (κ2) is 20.4. The predicted octanol–water partition coefficient (Wildman–Crippen LogP) is 8.79. The van der Waals surface area contributed by atoms with E-state index in [0.29, 0.717) is 5.92 Å². The summed E-state index contributed by atoms with van der Waals surface area (Å²) < 4.78 is 12.1. The molecule has 1 aromatic heterocycles. The number of ether oxygens (including phenoxy) is 1. The van der Waals surface area contributed by atoms with Gasteiger partial charge in [-0.05, 0) is 112 Å². The molecule has 0 saturated carbocycles. The first-order chi connectivity index (χ1) is 24.6. The summed E-state index contributed by atoms with van der Waals surface area (Å²) in [6.07, 6.45) is 9.87. The van der Waals surface area contributed by atoms with E-state index in [1.807, 2.05) is 18.2 Å². The van der Waals surface area contributed by atoms with Crippen molar-refractivity contribution in [3.63, 3.8) is 0 Å². The van der Waals surface area contributed by atoms with Gasteiger partial charge < -0.3 is 26.4 Å². The third-order valence-electron chi connectivity index (χ3n) is 9.47. The van der Waals surface area contributed by atoms with Gasteiger partial charge in [-0.25, -0.2) is 14.0 Å². The van der Waals surface area contributed by atoms with E-state index in [2.05, 4.69) is 167 Å². The van der Waals surface area contributed by atoms with Crippen molar-refractivity contribution in [3.8, 4) is 11.4 Å². The Labute approximate surface area is 361 Å². The maximum Gasteiger partial charge on any atom is 2.00 e. The summed E-state index contributed by atoms with van der Waals surface area (Å²) in [6.45, 7) is 19.0. The van der Waals surface area contributed by atoms with Crippen LogP contribution in [0.15, 0.2) is 103 Å². The Morgan fingerprint density at radius 2 is 1.58 bits per heavy atom. The number of halogens is 2. The molecule has 0 spiro atoms. The molecule has 3 aromatic carbocycles. The Hall–Kier alpha value is -2.34. The number of hydrogen-bond acceptors (Lipinski definition) is 6. The quantitative estimate of drug-likeness (QED) is 0.0636. The Morgan fingerprint density at radius 1 is 0.981 bits per heavy atom. The van der Waals surface area contributed by atoms with Crippen LogP contribution in [0.25, 0.3) is 5.69 Å². The van der Waals surface area contributed by atoms with Gasteiger partial charge in [-0.2, -0.15) is 16.7 Å². The van der Waals surface area contributed by atoms with E-state index in [1.54, 1.807) is 21.7 Å². The molecule has 2 heterocycles. The molecule has 0 bridgehead atoms. The van der Waals surface area contributed by atoms with Crippen LogP contribution in [0, 0.1) is 57.0 Å². The van der Waals surface area contributed by atoms with Crippen molar-refractivity contribution < 1.29 is 35.9 Å². The normalized spacial score (nSPS) is 14.3. The standard InChI is InChI=1S/C41H50I2N6O2.U/c1-7-9-22-45(6)28-32(38-21-12-33(42)27-39(38)43)11-10-31(5)51-37-19-17-35(18-20-37)47-25-23-46(24-26-47)34-13-15-36(16-14-34)48-29-44-49(41(48)50)40(8-2)30(3)4;/h7,9,12-22,27,29-31,40H,1,5,8,10-11,23-26,28H2,2-4,6H3;/q-2;+2/b22-9-;/t31?,40-;/m0./s1. The summed E-state index contributed by atoms with van der Waals surface area (Å²) >= 11 is 4.81. The minimum atomic E-state index is -0.167. The molecule has 8 nitrogen and oxygen atoms in total. The van der Waals surface area contributed by atoms with Gasteiger partial charge in [0.1, 0.15) is 12.1 Å². The summed E-state index contributed by atoms with van der Waals surface area (Å²) in [6, 6.07) is 23.4. The molecule has 1 aliphatic heterocycles. The Morgan fingerprint density at radius 3 is 2.13 bits per heavy atom. The predicted molar refractivity (Wildman–Crippen MR) is 228 cm³/mol. The van der Waals surface area contributed by atoms with Gasteiger partial charge in [-0.3, -0.25) is 0 Å². The van der Waals surface area contributed by atoms with Crippen molar-refractivity contribution in [2.45, 2.75) is 52.2 Å². The zero-order valence-corrected chi connectivity index (χ0v) is 39.2. The van der Waals surface area contributed by atoms with Crippen molar-refractivity contribution in [1.82, 2.24) is 19.2 Å². The molecule has 0 radical (unpaired) electrons. The van der Waals surface area contributed by atoms with Crippen molar-refractivity contribution in [3.05, 3.63) is 134 Å². The molecule has 5 rings (SSSR count). The molecule has 11 heteroatoms. The minimum Gasteiger partial charge on any atom is -0.522 e. The maximum atomic E-state index is 13.1. The van der Waals surface area contributed by atoms with Crippen LogP contribution < -0.4 is 20.2 Å². The number of piperazine rings is 1. The summed E-state index contributed by atoms with van der Waals surface area (Å²) in [5, 5.41) is 4.43. The number of allylic oxidation sites excluding steroid dienone is 2. The van der Waals surface area contributed by atoms with E-state index in [-0.39, 0.29) is 48.9 Å². The smallest absolute Gasteiger partial charge is 0.522 e. The number of hydrogen-bond donors (Lipinski definition) is 0. The average Bonchev–Trinajstić information content (AvgIpc) is 3.50. The van der Waals surface area contributed by atoms with Crippen molar-refractivity contribution in [2.75, 3.05) is 49.6 Å². The van der Waals surface area contributed by atoms with Crippen LogP contribution in [0.1, 0.15) is 51.6 Å². The van der Waals surface area contributed by atoms with Gasteiger partial charge in [0.25, 0.3) is 0 Å². The number of aromatic nitrogens is 3. The Bertz CT molecular complexity index is 1800. The van der Waals surface area contributed by atoms with Gasteiger partial charge in [-0.15, -0.1) is 34.6 Å². The van der Waals surface area contributed by atoms with Crippen LogP contribution in [-0.2, 0) is 0 Å². The molecule has 0 aliphatic carbocycles. The fraction of sp³-hybridized carbons (Fsp3) is 0.366. The second-order valence-corrected chi connectivity index (χ2v) is 15.8. The fourth-order valence-corrected chi connectivity index (χ4v) is 8.64. The maximum absolute atomic E-state index is 13.1. The van der Waals surface area contributed by atoms with Crippen molar-refractivity contribution in [2.24, 2.45) is 5.92 Å². The van der Waals surface area contributed by atoms with Gasteiger partial charge >= 0.3 is 36.8 Å². The minimum absolute atomic E-state index is 0. The first-order valence-electron chi connectivity index (χ1n) is 17.7. The average molecular weight is 1150 g/mol. The molecular weight excluding hydrogens is 1100 g/mol. The number of benzene rings is 3. The Kier molecular flexibility index (Phi) is 16.6. The summed E-state index contributed by atoms with van der Waals surface area (Å²) in [4.78, 5) is 20.1. The van der Waals surface area contributed by atoms with Crippen LogP contribution in [0.4, 0.5) is 11.4 Å². The third kappa shape index (κ3) is 11.1. The van der Waals surface area contributed by atoms with Gasteiger partial charge in [0, 0.05) is 44.6 Å². The van der Waals surface area contributed by atoms with Gasteiger partial charge in [-0.1, -0.05) is 55.9 Å². The largest absolute Gasteiger partial charge is 2.00 e. The number of likely N-dealkylation sites (N-methyl/N-ethyl adjacent to an activating group) is 1. The van der Waals surface area contributed by atoms with Crippen molar-refractivity contribution >= 4 is 56.6 Å². The van der Waals surface area contributed by atoms with Gasteiger partial charge in [0.2, 0.25) is 0 Å². The Balaban J connectivity index is 0.00000605. The summed E-state index contributed by atoms with van der Waals surface area (Å²) in [5.41, 5.74) is 4.39. The summed E-state index contributed by atoms with van der Waals surface area (Å²) in [5.74, 6) is 2.55. The van der Waals surface area contributed by atoms with Gasteiger partial charge in [0.15, 0.2) is 0 Å². The number of nitrogens with zero attached hydrogens (tertiary/aromatic N) is 6. The summed E-state index contributed by atoms with van der Waals surface area (Å²) in [7, 11) is 2.09. The molecule has 1 aliphatic rings. The third-order valence-corrected chi connectivity index (χ3v) is 11.0. The zero-order valence-electron chi connectivity index (χ0n) is 30.7. The molecule has 1 fully saturated rings. The molecule has 274 valence electrons. The van der Waals surface area contributed by atoms with E-state index in [9.17, 15) is 4.79 Å². The molecule has 2 atom stereocenters. The SMILES string of the molecule is C=C/C=C\N(C)C[C-](CCC([CH2-])Oc1ccc(N2CCN(c3ccc(-n4cnn([C@@H](CC)C(C)C)c4=O)cc3)CC2)cc1)c1ccc(I)cc1I.[U+2]. The molecular formula is C41H50I2N6O2U. The van der Waals surface area contributed by atoms with Crippen LogP contribution in [0.5, 0.6) is 5.75 Å². The first kappa shape index (κ1) is 42.4. The molecule has 52 heavy (non-hydrogen) atoms. The fourth-order valence-electron chi connectivity index (χ4n) is 6.65. The topological polar surface area (TPSA) is 58.8 Å². The van der Waals surface area contributed by atoms with E-state index in [0.717, 1.165) is 69.1 Å². The van der Waals surface area contributed by atoms with Crippen molar-refractivity contribution in [1.29, 1.82) is 0 Å². The molecule has 0 N–H and O–H groups in total. The second-order valence-electron chi connectivity index (χ2n) is 13.4. The van der Waals surface area contributed by atoms with E-state index in [1.165, 1.54) is 24.3 Å². The first-order valence-corrected chi connectivity index (χ1v) is 19.9. The van der Waals surface area contributed by atoms with Crippen LogP contribution in [0.3, 0.4) is 0 Å². The van der Waals surface area contributed by atoms with E-state index in [4.69, 9.17) is 4.74 Å². The van der Waals surface area contributed by atoms with E-state index < -0.39 is 0 Å². The molecule has 1 saturated heterocycles. The molecule has 1 unspecified atom stereocenters. The number of rotatable bonds is 16. The van der Waals surface area contributed by atoms with Crippen LogP contribution in [0.2, 0.25) is 0 Å². The monoisotopic (exact) mass is 1150 g/mol. The molecule has 4 aromatic rings. The molecule has 0 amide bonds. The van der Waals surface area contributed by atoms with Gasteiger partial charge in [0.05, 0.1) is 11.7 Å². The van der Waals surface area contributed by atoms with E-state index >= 15 is 0 Å². The zero-order chi connectivity index (χ0) is 36.5.